The van der Waals surface area contributed by atoms with Crippen LogP contribution in [0.1, 0.15) is 65.2 Å². The summed E-state index contributed by atoms with van der Waals surface area (Å²) in [5.74, 6) is -0.231. The Morgan fingerprint density at radius 3 is 1.81 bits per heavy atom. The minimum Gasteiger partial charge on any atom is -0.471 e. The molecule has 9 nitrogen and oxygen atoms in total. The number of nitro benzene ring substituents is 1. The van der Waals surface area contributed by atoms with Gasteiger partial charge in [-0.1, -0.05) is 48.5 Å². The smallest absolute Gasteiger partial charge is 0.292 e. The van der Waals surface area contributed by atoms with Crippen LogP contribution in [0.5, 0.6) is 0 Å². The van der Waals surface area contributed by atoms with Crippen molar-refractivity contribution in [2.45, 2.75) is 54.9 Å². The number of carbonyl (C=O) groups is 3. The van der Waals surface area contributed by atoms with E-state index in [1.165, 1.54) is 31.4 Å². The van der Waals surface area contributed by atoms with Gasteiger partial charge in [0.05, 0.1) is 12.0 Å². The predicted octanol–water partition coefficient (Wildman–Crippen LogP) is 4.01. The van der Waals surface area contributed by atoms with Crippen molar-refractivity contribution in [3.05, 3.63) is 39.9 Å². The molecule has 0 fully saturated rings. The van der Waals surface area contributed by atoms with Crippen LogP contribution in [0.25, 0.3) is 0 Å². The van der Waals surface area contributed by atoms with Gasteiger partial charge in [0, 0.05) is 36.2 Å². The van der Waals surface area contributed by atoms with E-state index in [2.05, 4.69) is 36.1 Å². The number of hydrogen-bond donors (Lipinski definition) is 2. The molecule has 1 amide bonds. The molecule has 0 heterocycles. The second kappa shape index (κ2) is 18.9. The lowest BCUT2D eigenvalue weighted by Crippen LogP contribution is -2.30. The normalized spacial score (nSPS) is 9.91. The summed E-state index contributed by atoms with van der Waals surface area (Å²) in [5.41, 5.74) is 0.497. The lowest BCUT2D eigenvalue weighted by atomic mass is 9.77. The molecule has 0 radical (unpaired) electrons. The van der Waals surface area contributed by atoms with Crippen LogP contribution < -0.4 is 10.6 Å². The number of nitro groups is 1. The SMILES string of the molecule is CC.CC(C)(C)CC(C)(C)C=O.CNCCNC(=O)c1ccc([N+](=O)[O-])cc1.COC=O. The molecular formula is C23H41N3O6. The summed E-state index contributed by atoms with van der Waals surface area (Å²) in [6.45, 7) is 16.0. The zero-order valence-electron chi connectivity index (χ0n) is 21.0. The number of aldehydes is 1. The molecule has 0 atom stereocenters. The van der Waals surface area contributed by atoms with Gasteiger partial charge >= 0.3 is 0 Å². The molecule has 9 heteroatoms. The molecule has 2 N–H and O–H groups in total. The van der Waals surface area contributed by atoms with Crippen LogP contribution in [0.3, 0.4) is 0 Å². The Labute approximate surface area is 192 Å². The van der Waals surface area contributed by atoms with Gasteiger partial charge in [-0.25, -0.2) is 0 Å². The molecule has 0 unspecified atom stereocenters. The van der Waals surface area contributed by atoms with Gasteiger partial charge in [-0.05, 0) is 31.0 Å². The van der Waals surface area contributed by atoms with E-state index in [1.54, 1.807) is 7.05 Å². The van der Waals surface area contributed by atoms with Gasteiger partial charge in [-0.15, -0.1) is 0 Å². The fourth-order valence-electron chi connectivity index (χ4n) is 2.55. The Bertz CT molecular complexity index is 653. The van der Waals surface area contributed by atoms with E-state index in [-0.39, 0.29) is 22.4 Å². The highest BCUT2D eigenvalue weighted by Crippen LogP contribution is 2.30. The molecule has 0 aliphatic rings. The van der Waals surface area contributed by atoms with E-state index in [9.17, 15) is 19.7 Å². The maximum atomic E-state index is 11.5. The highest BCUT2D eigenvalue weighted by molar-refractivity contribution is 5.94. The van der Waals surface area contributed by atoms with Crippen molar-refractivity contribution in [2.75, 3.05) is 27.2 Å². The molecule has 0 aliphatic carbocycles. The van der Waals surface area contributed by atoms with Crippen LogP contribution in [-0.4, -0.2) is 50.8 Å². The molecule has 0 aromatic heterocycles. The Hall–Kier alpha value is -2.81. The van der Waals surface area contributed by atoms with Crippen LogP contribution in [0.15, 0.2) is 24.3 Å². The van der Waals surface area contributed by atoms with E-state index in [4.69, 9.17) is 4.79 Å². The fourth-order valence-corrected chi connectivity index (χ4v) is 2.55. The van der Waals surface area contributed by atoms with E-state index in [1.807, 2.05) is 27.7 Å². The third-order valence-corrected chi connectivity index (χ3v) is 3.40. The third-order valence-electron chi connectivity index (χ3n) is 3.40. The number of methoxy groups -OCH3 is 1. The molecule has 1 aromatic rings. The van der Waals surface area contributed by atoms with Crippen LogP contribution in [0.2, 0.25) is 0 Å². The number of benzene rings is 1. The quantitative estimate of drug-likeness (QED) is 0.262. The van der Waals surface area contributed by atoms with Gasteiger partial charge < -0.3 is 20.2 Å². The van der Waals surface area contributed by atoms with E-state index in [0.717, 1.165) is 12.7 Å². The molecule has 32 heavy (non-hydrogen) atoms. The molecule has 1 rings (SSSR count). The van der Waals surface area contributed by atoms with Crippen LogP contribution in [0.4, 0.5) is 5.69 Å². The van der Waals surface area contributed by atoms with Crippen molar-refractivity contribution >= 4 is 24.4 Å². The predicted molar refractivity (Wildman–Crippen MR) is 128 cm³/mol. The first-order valence-corrected chi connectivity index (χ1v) is 10.4. The van der Waals surface area contributed by atoms with E-state index < -0.39 is 4.92 Å². The lowest BCUT2D eigenvalue weighted by Gasteiger charge is -2.27. The first-order valence-electron chi connectivity index (χ1n) is 10.4. The number of rotatable bonds is 8. The minimum atomic E-state index is -0.497. The summed E-state index contributed by atoms with van der Waals surface area (Å²) in [7, 11) is 3.10. The number of likely N-dealkylation sites (N-methyl/N-ethyl adjacent to an activating group) is 1. The molecule has 0 spiro atoms. The Morgan fingerprint density at radius 1 is 1.06 bits per heavy atom. The Kier molecular flexibility index (Phi) is 20.0. The van der Waals surface area contributed by atoms with Gasteiger partial charge in [-0.2, -0.15) is 0 Å². The van der Waals surface area contributed by atoms with Gasteiger partial charge in [0.1, 0.15) is 6.29 Å². The van der Waals surface area contributed by atoms with Crippen LogP contribution in [0, 0.1) is 20.9 Å². The second-order valence-corrected chi connectivity index (χ2v) is 8.34. The standard InChI is InChI=1S/C10H13N3O3.C9H18O.C2H4O2.C2H6/c1-11-6-7-12-10(14)8-2-4-9(5-3-8)13(15)16;1-8(2,3)6-9(4,5)7-10;1-4-2-3;1-2/h2-5,11H,6-7H2,1H3,(H,12,14);7H,6H2,1-5H3;2H,1H3;1-2H3. The number of ether oxygens (including phenoxy) is 1. The van der Waals surface area contributed by atoms with Crippen molar-refractivity contribution < 1.29 is 24.0 Å². The highest BCUT2D eigenvalue weighted by Gasteiger charge is 2.24. The molecule has 0 saturated heterocycles. The summed E-state index contributed by atoms with van der Waals surface area (Å²) < 4.78 is 3.86. The third kappa shape index (κ3) is 20.5. The van der Waals surface area contributed by atoms with E-state index in [0.29, 0.717) is 25.1 Å². The van der Waals surface area contributed by atoms with Crippen molar-refractivity contribution in [3.8, 4) is 0 Å². The number of nitrogens with one attached hydrogen (secondary N) is 2. The van der Waals surface area contributed by atoms with Crippen LogP contribution >= 0.6 is 0 Å². The summed E-state index contributed by atoms with van der Waals surface area (Å²) in [4.78, 5) is 40.8. The summed E-state index contributed by atoms with van der Waals surface area (Å²) >= 11 is 0. The minimum absolute atomic E-state index is 0.0215. The number of hydrogen-bond acceptors (Lipinski definition) is 7. The Morgan fingerprint density at radius 2 is 1.53 bits per heavy atom. The highest BCUT2D eigenvalue weighted by atomic mass is 16.6. The average molecular weight is 456 g/mol. The van der Waals surface area contributed by atoms with Crippen LogP contribution in [-0.2, 0) is 14.3 Å². The number of amides is 1. The van der Waals surface area contributed by atoms with Crippen molar-refractivity contribution in [1.82, 2.24) is 10.6 Å². The molecule has 0 aliphatic heterocycles. The Balaban J connectivity index is -0.000000449. The molecular weight excluding hydrogens is 414 g/mol. The zero-order chi connectivity index (χ0) is 25.8. The van der Waals surface area contributed by atoms with E-state index >= 15 is 0 Å². The number of nitrogens with zero attached hydrogens (tertiary/aromatic N) is 1. The van der Waals surface area contributed by atoms with Gasteiger partial charge in [0.25, 0.3) is 18.1 Å². The maximum absolute atomic E-state index is 11.5. The summed E-state index contributed by atoms with van der Waals surface area (Å²) in [6, 6.07) is 5.50. The fraction of sp³-hybridized carbons (Fsp3) is 0.609. The van der Waals surface area contributed by atoms with Gasteiger partial charge in [0.2, 0.25) is 0 Å². The summed E-state index contributed by atoms with van der Waals surface area (Å²) in [5, 5.41) is 16.0. The van der Waals surface area contributed by atoms with Gasteiger partial charge in [0.15, 0.2) is 0 Å². The van der Waals surface area contributed by atoms with Crippen molar-refractivity contribution in [3.63, 3.8) is 0 Å². The lowest BCUT2D eigenvalue weighted by molar-refractivity contribution is -0.384. The van der Waals surface area contributed by atoms with Crippen molar-refractivity contribution in [2.24, 2.45) is 10.8 Å². The molecule has 0 saturated carbocycles. The maximum Gasteiger partial charge on any atom is 0.292 e. The number of carbonyl (C=O) groups excluding carboxylic acids is 3. The van der Waals surface area contributed by atoms with Crippen molar-refractivity contribution in [1.29, 1.82) is 0 Å². The van der Waals surface area contributed by atoms with Gasteiger partial charge in [-0.3, -0.25) is 19.7 Å². The monoisotopic (exact) mass is 455 g/mol. The average Bonchev–Trinajstić information content (AvgIpc) is 2.74. The first kappa shape index (κ1) is 33.8. The topological polar surface area (TPSA) is 128 Å². The molecule has 184 valence electrons. The molecule has 0 bridgehead atoms. The second-order valence-electron chi connectivity index (χ2n) is 8.34. The zero-order valence-corrected chi connectivity index (χ0v) is 21.0. The summed E-state index contributed by atoms with van der Waals surface area (Å²) in [6.07, 6.45) is 1.99. The largest absolute Gasteiger partial charge is 0.471 e. The molecule has 1 aromatic carbocycles. The number of non-ortho nitro benzene ring substituents is 1. The first-order chi connectivity index (χ1) is 14.8.